The van der Waals surface area contributed by atoms with Crippen LogP contribution in [0.4, 0.5) is 0 Å². The van der Waals surface area contributed by atoms with E-state index in [1.807, 2.05) is 12.1 Å². The van der Waals surface area contributed by atoms with Crippen molar-refractivity contribution in [3.8, 4) is 11.5 Å². The molecule has 1 N–H and O–H groups in total. The lowest BCUT2D eigenvalue weighted by Gasteiger charge is -2.06. The zero-order valence-electron chi connectivity index (χ0n) is 15.5. The Hall–Kier alpha value is -3.20. The van der Waals surface area contributed by atoms with Crippen LogP contribution >= 0.6 is 22.6 Å². The Kier molecular flexibility index (Phi) is 6.96. The molecule has 6 nitrogen and oxygen atoms in total. The largest absolute Gasteiger partial charge is 0.497 e. The number of nitrogens with one attached hydrogen (secondary N) is 1. The van der Waals surface area contributed by atoms with Gasteiger partial charge in [0.2, 0.25) is 0 Å². The predicted molar refractivity (Wildman–Crippen MR) is 119 cm³/mol. The van der Waals surface area contributed by atoms with Gasteiger partial charge in [0.05, 0.1) is 18.9 Å². The van der Waals surface area contributed by atoms with Crippen LogP contribution in [-0.2, 0) is 0 Å². The van der Waals surface area contributed by atoms with Gasteiger partial charge in [0.15, 0.2) is 0 Å². The number of halogens is 1. The van der Waals surface area contributed by atoms with Crippen molar-refractivity contribution >= 4 is 40.7 Å². The third-order valence-electron chi connectivity index (χ3n) is 3.92. The Balaban J connectivity index is 1.56. The number of rotatable bonds is 6. The fraction of sp³-hybridized carbons (Fsp3) is 0.0455. The Bertz CT molecular complexity index is 1030. The first-order chi connectivity index (χ1) is 14.1. The molecule has 0 spiro atoms. The minimum atomic E-state index is -0.414. The number of methoxy groups -OCH3 is 1. The summed E-state index contributed by atoms with van der Waals surface area (Å²) in [5, 5.41) is 3.95. The van der Waals surface area contributed by atoms with Gasteiger partial charge in [-0.3, -0.25) is 4.79 Å². The highest BCUT2D eigenvalue weighted by atomic mass is 127. The van der Waals surface area contributed by atoms with Gasteiger partial charge in [0.25, 0.3) is 5.91 Å². The Morgan fingerprint density at radius 3 is 2.24 bits per heavy atom. The molecule has 3 aromatic rings. The maximum Gasteiger partial charge on any atom is 0.344 e. The van der Waals surface area contributed by atoms with E-state index in [0.29, 0.717) is 22.6 Å². The number of hydrogen-bond donors (Lipinski definition) is 1. The van der Waals surface area contributed by atoms with E-state index in [1.54, 1.807) is 67.8 Å². The molecule has 0 saturated heterocycles. The maximum atomic E-state index is 12.2. The van der Waals surface area contributed by atoms with Crippen LogP contribution in [0.3, 0.4) is 0 Å². The normalized spacial score (nSPS) is 10.6. The molecule has 3 rings (SSSR count). The maximum absolute atomic E-state index is 12.2. The second-order valence-electron chi connectivity index (χ2n) is 5.87. The first kappa shape index (κ1) is 20.5. The van der Waals surface area contributed by atoms with Gasteiger partial charge in [0.1, 0.15) is 11.5 Å². The Morgan fingerprint density at radius 1 is 0.931 bits per heavy atom. The highest BCUT2D eigenvalue weighted by Crippen LogP contribution is 2.17. The third kappa shape index (κ3) is 5.64. The molecule has 0 atom stereocenters. The number of esters is 1. The van der Waals surface area contributed by atoms with Crippen molar-refractivity contribution in [1.29, 1.82) is 0 Å². The van der Waals surface area contributed by atoms with E-state index in [-0.39, 0.29) is 5.91 Å². The molecule has 7 heteroatoms. The number of hydrogen-bond acceptors (Lipinski definition) is 5. The lowest BCUT2D eigenvalue weighted by molar-refractivity contribution is 0.0733. The fourth-order valence-corrected chi connectivity index (χ4v) is 2.99. The van der Waals surface area contributed by atoms with Crippen LogP contribution in [0.25, 0.3) is 0 Å². The van der Waals surface area contributed by atoms with E-state index in [4.69, 9.17) is 9.47 Å². The van der Waals surface area contributed by atoms with Gasteiger partial charge in [0, 0.05) is 9.13 Å². The summed E-state index contributed by atoms with van der Waals surface area (Å²) < 4.78 is 11.3. The Labute approximate surface area is 181 Å². The van der Waals surface area contributed by atoms with Crippen molar-refractivity contribution in [1.82, 2.24) is 5.43 Å². The zero-order valence-corrected chi connectivity index (χ0v) is 17.6. The highest BCUT2D eigenvalue weighted by molar-refractivity contribution is 14.1. The van der Waals surface area contributed by atoms with E-state index in [9.17, 15) is 9.59 Å². The summed E-state index contributed by atoms with van der Waals surface area (Å²) in [6.07, 6.45) is 1.51. The van der Waals surface area contributed by atoms with Crippen molar-refractivity contribution in [2.75, 3.05) is 7.11 Å². The van der Waals surface area contributed by atoms with Crippen molar-refractivity contribution in [3.63, 3.8) is 0 Å². The summed E-state index contributed by atoms with van der Waals surface area (Å²) in [4.78, 5) is 24.3. The minimum absolute atomic E-state index is 0.327. The summed E-state index contributed by atoms with van der Waals surface area (Å²) in [5.74, 6) is 0.358. The van der Waals surface area contributed by atoms with Gasteiger partial charge in [-0.25, -0.2) is 10.2 Å². The van der Waals surface area contributed by atoms with E-state index >= 15 is 0 Å². The molecule has 0 aromatic heterocycles. The number of amides is 1. The molecule has 0 unspecified atom stereocenters. The van der Waals surface area contributed by atoms with Crippen LogP contribution in [0.1, 0.15) is 26.3 Å². The lowest BCUT2D eigenvalue weighted by Crippen LogP contribution is -2.17. The van der Waals surface area contributed by atoms with Gasteiger partial charge >= 0.3 is 5.97 Å². The first-order valence-electron chi connectivity index (χ1n) is 8.61. The van der Waals surface area contributed by atoms with E-state index < -0.39 is 5.97 Å². The van der Waals surface area contributed by atoms with Gasteiger partial charge in [-0.2, -0.15) is 5.10 Å². The second kappa shape index (κ2) is 9.83. The molecule has 0 radical (unpaired) electrons. The molecule has 0 aliphatic heterocycles. The lowest BCUT2D eigenvalue weighted by atomic mass is 10.2. The van der Waals surface area contributed by atoms with Gasteiger partial charge in [-0.1, -0.05) is 12.1 Å². The van der Waals surface area contributed by atoms with E-state index in [1.165, 1.54) is 6.21 Å². The molecule has 0 bridgehead atoms. The smallest absolute Gasteiger partial charge is 0.344 e. The standard InChI is InChI=1S/C22H17IN2O4/c1-28-17-12-8-16(9-13-17)21(26)25-24-14-15-6-10-18(11-7-15)29-22(27)19-4-2-3-5-20(19)23/h2-14H,1H3,(H,25,26)/b24-14+. The predicted octanol–water partition coefficient (Wildman–Crippen LogP) is 4.28. The molecule has 3 aromatic carbocycles. The summed E-state index contributed by atoms with van der Waals surface area (Å²) in [7, 11) is 1.56. The topological polar surface area (TPSA) is 77.0 Å². The molecule has 0 aliphatic rings. The number of hydrazone groups is 1. The van der Waals surface area contributed by atoms with Crippen molar-refractivity contribution < 1.29 is 19.1 Å². The van der Waals surface area contributed by atoms with E-state index in [0.717, 1.165) is 9.13 Å². The van der Waals surface area contributed by atoms with Crippen LogP contribution in [0, 0.1) is 3.57 Å². The molecule has 146 valence electrons. The average molecular weight is 500 g/mol. The van der Waals surface area contributed by atoms with Crippen LogP contribution < -0.4 is 14.9 Å². The van der Waals surface area contributed by atoms with Crippen LogP contribution in [0.5, 0.6) is 11.5 Å². The number of ether oxygens (including phenoxy) is 2. The molecular weight excluding hydrogens is 483 g/mol. The molecule has 29 heavy (non-hydrogen) atoms. The first-order valence-corrected chi connectivity index (χ1v) is 9.69. The van der Waals surface area contributed by atoms with Gasteiger partial charge in [-0.15, -0.1) is 0 Å². The molecular formula is C22H17IN2O4. The summed E-state index contributed by atoms with van der Waals surface area (Å²) in [5.41, 5.74) is 4.19. The van der Waals surface area contributed by atoms with Crippen LogP contribution in [0.2, 0.25) is 0 Å². The van der Waals surface area contributed by atoms with Gasteiger partial charge < -0.3 is 9.47 Å². The molecule has 0 fully saturated rings. The third-order valence-corrected chi connectivity index (χ3v) is 4.86. The van der Waals surface area contributed by atoms with Crippen molar-refractivity contribution in [3.05, 3.63) is 93.1 Å². The SMILES string of the molecule is COc1ccc(C(=O)N/N=C/c2ccc(OC(=O)c3ccccc3I)cc2)cc1. The molecule has 0 heterocycles. The quantitative estimate of drug-likeness (QED) is 0.180. The van der Waals surface area contributed by atoms with Crippen molar-refractivity contribution in [2.24, 2.45) is 5.10 Å². The van der Waals surface area contributed by atoms with Crippen LogP contribution in [-0.4, -0.2) is 25.2 Å². The number of carbonyl (C=O) groups is 2. The highest BCUT2D eigenvalue weighted by Gasteiger charge is 2.11. The number of benzene rings is 3. The summed E-state index contributed by atoms with van der Waals surface area (Å²) in [6.45, 7) is 0. The summed E-state index contributed by atoms with van der Waals surface area (Å²) in [6, 6.07) is 20.7. The van der Waals surface area contributed by atoms with Gasteiger partial charge in [-0.05, 0) is 88.8 Å². The van der Waals surface area contributed by atoms with Crippen molar-refractivity contribution in [2.45, 2.75) is 0 Å². The molecule has 1 amide bonds. The fourth-order valence-electron chi connectivity index (χ4n) is 2.38. The number of nitrogens with zero attached hydrogens (tertiary/aromatic N) is 1. The zero-order chi connectivity index (χ0) is 20.6. The molecule has 0 aliphatic carbocycles. The van der Waals surface area contributed by atoms with E-state index in [2.05, 4.69) is 33.1 Å². The van der Waals surface area contributed by atoms with Crippen LogP contribution in [0.15, 0.2) is 77.9 Å². The monoisotopic (exact) mass is 500 g/mol. The number of carbonyl (C=O) groups excluding carboxylic acids is 2. The average Bonchev–Trinajstić information content (AvgIpc) is 2.75. The molecule has 0 saturated carbocycles. The second-order valence-corrected chi connectivity index (χ2v) is 7.03. The minimum Gasteiger partial charge on any atom is -0.497 e. The Morgan fingerprint density at radius 2 is 1.59 bits per heavy atom. The summed E-state index contributed by atoms with van der Waals surface area (Å²) >= 11 is 2.09.